The molecule has 2 aromatic heterocycles. The Hall–Kier alpha value is -4.82. The number of aromatic hydroxyl groups is 1. The average Bonchev–Trinajstić information content (AvgIpc) is 3.69. The summed E-state index contributed by atoms with van der Waals surface area (Å²) in [5, 5.41) is 28.2. The lowest BCUT2D eigenvalue weighted by molar-refractivity contribution is -0.142. The minimum Gasteiger partial charge on any atom is -0.508 e. The maximum absolute atomic E-state index is 13.8. The number of nitrogens with two attached hydrogens (primary N) is 1. The normalized spacial score (nSPS) is 13.8. The smallest absolute Gasteiger partial charge is 0.326 e. The van der Waals surface area contributed by atoms with Gasteiger partial charge < -0.3 is 41.9 Å². The molecule has 0 spiro atoms. The van der Waals surface area contributed by atoms with Crippen molar-refractivity contribution in [2.75, 3.05) is 12.0 Å². The van der Waals surface area contributed by atoms with Crippen molar-refractivity contribution in [3.05, 3.63) is 84.1 Å². The van der Waals surface area contributed by atoms with E-state index in [1.807, 2.05) is 30.5 Å². The van der Waals surface area contributed by atoms with Crippen LogP contribution < -0.4 is 21.7 Å². The summed E-state index contributed by atoms with van der Waals surface area (Å²) >= 11 is 1.45. The highest BCUT2D eigenvalue weighted by Crippen LogP contribution is 2.19. The van der Waals surface area contributed by atoms with Gasteiger partial charge in [-0.3, -0.25) is 14.4 Å². The molecular formula is C31H37N7O6S. The van der Waals surface area contributed by atoms with Crippen LogP contribution in [0.4, 0.5) is 0 Å². The monoisotopic (exact) mass is 635 g/mol. The number of phenols is 1. The van der Waals surface area contributed by atoms with E-state index in [4.69, 9.17) is 5.73 Å². The molecule has 4 rings (SSSR count). The predicted molar refractivity (Wildman–Crippen MR) is 171 cm³/mol. The molecule has 13 nitrogen and oxygen atoms in total. The maximum Gasteiger partial charge on any atom is 0.326 e. The highest BCUT2D eigenvalue weighted by Gasteiger charge is 2.31. The van der Waals surface area contributed by atoms with Crippen molar-refractivity contribution in [1.82, 2.24) is 30.9 Å². The van der Waals surface area contributed by atoms with Gasteiger partial charge in [-0.1, -0.05) is 30.3 Å². The van der Waals surface area contributed by atoms with Gasteiger partial charge in [0.25, 0.3) is 0 Å². The summed E-state index contributed by atoms with van der Waals surface area (Å²) in [4.78, 5) is 62.2. The van der Waals surface area contributed by atoms with Crippen LogP contribution in [0.25, 0.3) is 10.9 Å². The van der Waals surface area contributed by atoms with E-state index >= 15 is 0 Å². The van der Waals surface area contributed by atoms with Crippen LogP contribution in [0, 0.1) is 0 Å². The second kappa shape index (κ2) is 15.8. The van der Waals surface area contributed by atoms with Crippen LogP contribution in [-0.2, 0) is 38.4 Å². The molecule has 0 bridgehead atoms. The van der Waals surface area contributed by atoms with Gasteiger partial charge >= 0.3 is 5.97 Å². The quantitative estimate of drug-likeness (QED) is 0.0888. The number of phenolic OH excluding ortho intramolecular Hbond substituents is 1. The topological polar surface area (TPSA) is 215 Å². The van der Waals surface area contributed by atoms with E-state index in [2.05, 4.69) is 30.9 Å². The third kappa shape index (κ3) is 9.33. The Balaban J connectivity index is 1.53. The standard InChI is InChI=1S/C31H37N7O6S/c1-45-11-10-25(31(43)44)36-30(42)27(14-20-16-33-17-35-20)38-29(41)26(12-18-6-8-21(39)9-7-18)37-28(40)23(32)13-19-15-34-24-5-3-2-4-22(19)24/h2-9,15-17,23,25-27,34,39H,10-14,32H2,1H3,(H,33,35)(H,36,42)(H,37,40)(H,38,41)(H,43,44). The summed E-state index contributed by atoms with van der Waals surface area (Å²) in [5.41, 5.74) is 9.22. The number of nitrogens with one attached hydrogen (secondary N) is 5. The molecule has 45 heavy (non-hydrogen) atoms. The van der Waals surface area contributed by atoms with Crippen LogP contribution in [0.2, 0.25) is 0 Å². The van der Waals surface area contributed by atoms with Crippen LogP contribution in [0.1, 0.15) is 23.2 Å². The Bertz CT molecular complexity index is 1590. The molecule has 0 radical (unpaired) electrons. The number of nitrogens with zero attached hydrogens (tertiary/aromatic N) is 1. The molecule has 0 aliphatic rings. The number of aromatic amines is 2. The van der Waals surface area contributed by atoms with Gasteiger partial charge in [-0.25, -0.2) is 9.78 Å². The lowest BCUT2D eigenvalue weighted by Gasteiger charge is -2.25. The molecule has 0 saturated heterocycles. The van der Waals surface area contributed by atoms with E-state index in [1.54, 1.807) is 18.3 Å². The fourth-order valence-electron chi connectivity index (χ4n) is 4.85. The number of carboxylic acids is 1. The Kier molecular flexibility index (Phi) is 11.6. The molecule has 2 heterocycles. The van der Waals surface area contributed by atoms with Crippen molar-refractivity contribution in [3.63, 3.8) is 0 Å². The largest absolute Gasteiger partial charge is 0.508 e. The zero-order valence-electron chi connectivity index (χ0n) is 24.7. The SMILES string of the molecule is CSCCC(NC(=O)C(Cc1cnc[nH]1)NC(=O)C(Cc1ccc(O)cc1)NC(=O)C(N)Cc1c[nH]c2ccccc12)C(=O)O. The van der Waals surface area contributed by atoms with E-state index in [9.17, 15) is 29.4 Å². The number of thioether (sulfide) groups is 1. The number of aromatic nitrogens is 3. The number of benzene rings is 2. The van der Waals surface area contributed by atoms with Crippen LogP contribution >= 0.6 is 11.8 Å². The number of fused-ring (bicyclic) bond motifs is 1. The van der Waals surface area contributed by atoms with Crippen LogP contribution in [0.3, 0.4) is 0 Å². The van der Waals surface area contributed by atoms with Crippen molar-refractivity contribution in [1.29, 1.82) is 0 Å². The van der Waals surface area contributed by atoms with Gasteiger partial charge in [-0.05, 0) is 54.2 Å². The number of imidazole rings is 1. The van der Waals surface area contributed by atoms with Crippen molar-refractivity contribution >= 4 is 46.4 Å². The van der Waals surface area contributed by atoms with E-state index in [0.717, 1.165) is 16.5 Å². The van der Waals surface area contributed by atoms with E-state index in [-0.39, 0.29) is 31.4 Å². The first-order chi connectivity index (χ1) is 21.6. The molecule has 0 aliphatic heterocycles. The molecule has 238 valence electrons. The molecule has 0 fully saturated rings. The zero-order valence-corrected chi connectivity index (χ0v) is 25.5. The summed E-state index contributed by atoms with van der Waals surface area (Å²) in [6.07, 6.45) is 6.97. The van der Waals surface area contributed by atoms with Gasteiger partial charge in [0.2, 0.25) is 17.7 Å². The van der Waals surface area contributed by atoms with Crippen molar-refractivity contribution in [2.45, 2.75) is 49.9 Å². The van der Waals surface area contributed by atoms with Gasteiger partial charge in [0.1, 0.15) is 23.9 Å². The summed E-state index contributed by atoms with van der Waals surface area (Å²) in [6.45, 7) is 0. The number of rotatable bonds is 16. The Morgan fingerprint density at radius 2 is 1.56 bits per heavy atom. The first kappa shape index (κ1) is 33.1. The minimum absolute atomic E-state index is 0.00755. The molecule has 3 amide bonds. The second-order valence-corrected chi connectivity index (χ2v) is 11.6. The molecule has 4 aromatic rings. The summed E-state index contributed by atoms with van der Waals surface area (Å²) in [7, 11) is 0. The number of carbonyl (C=O) groups excluding carboxylic acids is 3. The molecule has 0 aliphatic carbocycles. The molecular weight excluding hydrogens is 598 g/mol. The highest BCUT2D eigenvalue weighted by atomic mass is 32.2. The fraction of sp³-hybridized carbons (Fsp3) is 0.323. The Labute approximate surface area is 263 Å². The number of H-pyrrole nitrogens is 2. The number of para-hydroxylation sites is 1. The number of hydrogen-bond donors (Lipinski definition) is 8. The van der Waals surface area contributed by atoms with Crippen molar-refractivity contribution in [2.24, 2.45) is 5.73 Å². The Morgan fingerprint density at radius 1 is 0.889 bits per heavy atom. The minimum atomic E-state index is -1.19. The summed E-state index contributed by atoms with van der Waals surface area (Å²) in [6, 6.07) is 9.30. The Morgan fingerprint density at radius 3 is 2.22 bits per heavy atom. The van der Waals surface area contributed by atoms with E-state index in [1.165, 1.54) is 36.4 Å². The lowest BCUT2D eigenvalue weighted by Crippen LogP contribution is -2.58. The molecule has 4 unspecified atom stereocenters. The third-order valence-corrected chi connectivity index (χ3v) is 7.94. The average molecular weight is 636 g/mol. The van der Waals surface area contributed by atoms with Gasteiger partial charge in [-0.15, -0.1) is 0 Å². The zero-order chi connectivity index (χ0) is 32.3. The third-order valence-electron chi connectivity index (χ3n) is 7.30. The second-order valence-electron chi connectivity index (χ2n) is 10.6. The van der Waals surface area contributed by atoms with Gasteiger partial charge in [0, 0.05) is 41.8 Å². The van der Waals surface area contributed by atoms with E-state index in [0.29, 0.717) is 17.0 Å². The molecule has 2 aromatic carbocycles. The number of aliphatic carboxylic acids is 1. The molecule has 9 N–H and O–H groups in total. The lowest BCUT2D eigenvalue weighted by atomic mass is 10.0. The predicted octanol–water partition coefficient (Wildman–Crippen LogP) is 1.24. The number of amides is 3. The summed E-state index contributed by atoms with van der Waals surface area (Å²) in [5.74, 6) is -2.59. The number of hydrogen-bond acceptors (Lipinski definition) is 8. The van der Waals surface area contributed by atoms with Gasteiger partial charge in [0.15, 0.2) is 0 Å². The highest BCUT2D eigenvalue weighted by molar-refractivity contribution is 7.98. The van der Waals surface area contributed by atoms with Crippen LogP contribution in [0.5, 0.6) is 5.75 Å². The van der Waals surface area contributed by atoms with E-state index < -0.39 is 47.9 Å². The van der Waals surface area contributed by atoms with Crippen LogP contribution in [-0.4, -0.2) is 85.0 Å². The first-order valence-electron chi connectivity index (χ1n) is 14.3. The molecule has 4 atom stereocenters. The molecule has 0 saturated carbocycles. The van der Waals surface area contributed by atoms with Gasteiger partial charge in [0.05, 0.1) is 12.4 Å². The fourth-order valence-corrected chi connectivity index (χ4v) is 5.32. The summed E-state index contributed by atoms with van der Waals surface area (Å²) < 4.78 is 0. The first-order valence-corrected chi connectivity index (χ1v) is 15.7. The van der Waals surface area contributed by atoms with Crippen LogP contribution in [0.15, 0.2) is 67.3 Å². The van der Waals surface area contributed by atoms with Crippen molar-refractivity contribution < 1.29 is 29.4 Å². The van der Waals surface area contributed by atoms with Gasteiger partial charge in [-0.2, -0.15) is 11.8 Å². The number of carboxylic acid groups (broad SMARTS) is 1. The number of carbonyl (C=O) groups is 4. The maximum atomic E-state index is 13.8. The van der Waals surface area contributed by atoms with Crippen molar-refractivity contribution in [3.8, 4) is 5.75 Å². The molecule has 14 heteroatoms.